The summed E-state index contributed by atoms with van der Waals surface area (Å²) in [4.78, 5) is 17.5. The van der Waals surface area contributed by atoms with Gasteiger partial charge in [0.05, 0.1) is 22.6 Å². The van der Waals surface area contributed by atoms with Gasteiger partial charge in [-0.25, -0.2) is 9.37 Å². The fourth-order valence-electron chi connectivity index (χ4n) is 5.45. The van der Waals surface area contributed by atoms with E-state index >= 15 is 0 Å². The minimum atomic E-state index is -0.522. The number of carbonyl (C=O) groups is 1. The van der Waals surface area contributed by atoms with Crippen LogP contribution >= 0.6 is 11.6 Å². The Morgan fingerprint density at radius 1 is 1.38 bits per heavy atom. The third-order valence-electron chi connectivity index (χ3n) is 6.59. The number of amides is 1. The standard InChI is InChI=1S/C22H27ClFN3O2/c1-3-6-22(29)10-14-7-13(8-15(14)11-22)19-20(27(2)12-25-19)21(28)26-16-4-5-18(24)17(23)9-16/h4-5,9,12-15,29H,3,6-8,10-11H2,1-2H3,(H,26,28). The molecule has 1 aromatic heterocycles. The van der Waals surface area contributed by atoms with E-state index in [4.69, 9.17) is 11.6 Å². The number of nitrogens with zero attached hydrogens (tertiary/aromatic N) is 2. The van der Waals surface area contributed by atoms with Crippen LogP contribution in [0.25, 0.3) is 0 Å². The molecule has 2 atom stereocenters. The number of nitrogens with one attached hydrogen (secondary N) is 1. The largest absolute Gasteiger partial charge is 0.390 e. The number of aliphatic hydroxyl groups is 1. The second kappa shape index (κ2) is 7.73. The molecule has 2 unspecified atom stereocenters. The predicted molar refractivity (Wildman–Crippen MR) is 111 cm³/mol. The van der Waals surface area contributed by atoms with Crippen molar-refractivity contribution in [3.05, 3.63) is 46.8 Å². The Kier molecular flexibility index (Phi) is 5.42. The topological polar surface area (TPSA) is 67.2 Å². The van der Waals surface area contributed by atoms with E-state index < -0.39 is 11.4 Å². The Balaban J connectivity index is 1.50. The van der Waals surface area contributed by atoms with Crippen LogP contribution in [0.15, 0.2) is 24.5 Å². The molecule has 0 bridgehead atoms. The summed E-state index contributed by atoms with van der Waals surface area (Å²) in [6.45, 7) is 2.11. The molecule has 2 aromatic rings. The quantitative estimate of drug-likeness (QED) is 0.724. The summed E-state index contributed by atoms with van der Waals surface area (Å²) < 4.78 is 15.1. The van der Waals surface area contributed by atoms with Gasteiger partial charge in [-0.3, -0.25) is 4.79 Å². The molecule has 2 N–H and O–H groups in total. The van der Waals surface area contributed by atoms with Gasteiger partial charge in [-0.2, -0.15) is 0 Å². The van der Waals surface area contributed by atoms with Crippen molar-refractivity contribution in [1.29, 1.82) is 0 Å². The average molecular weight is 420 g/mol. The maximum absolute atomic E-state index is 13.4. The fourth-order valence-corrected chi connectivity index (χ4v) is 5.63. The maximum atomic E-state index is 13.4. The van der Waals surface area contributed by atoms with E-state index in [9.17, 15) is 14.3 Å². The molecule has 0 aliphatic heterocycles. The molecule has 2 fully saturated rings. The number of hydrogen-bond donors (Lipinski definition) is 2. The Labute approximate surface area is 175 Å². The van der Waals surface area contributed by atoms with Crippen LogP contribution in [-0.2, 0) is 7.05 Å². The molecular formula is C22H27ClFN3O2. The highest BCUT2D eigenvalue weighted by molar-refractivity contribution is 6.31. The first-order chi connectivity index (χ1) is 13.8. The number of imidazole rings is 1. The smallest absolute Gasteiger partial charge is 0.274 e. The van der Waals surface area contributed by atoms with Gasteiger partial charge in [0.15, 0.2) is 0 Å². The van der Waals surface area contributed by atoms with Crippen molar-refractivity contribution in [2.45, 2.75) is 57.0 Å². The molecule has 1 heterocycles. The van der Waals surface area contributed by atoms with Crippen LogP contribution < -0.4 is 5.32 Å². The Morgan fingerprint density at radius 3 is 2.69 bits per heavy atom. The normalized spacial score (nSPS) is 28.5. The molecule has 7 heteroatoms. The summed E-state index contributed by atoms with van der Waals surface area (Å²) in [6, 6.07) is 4.13. The highest BCUT2D eigenvalue weighted by Gasteiger charge is 2.49. The molecule has 5 nitrogen and oxygen atoms in total. The van der Waals surface area contributed by atoms with Crippen molar-refractivity contribution in [2.75, 3.05) is 5.32 Å². The molecule has 0 spiro atoms. The maximum Gasteiger partial charge on any atom is 0.274 e. The minimum Gasteiger partial charge on any atom is -0.390 e. The molecule has 2 aliphatic rings. The highest BCUT2D eigenvalue weighted by atomic mass is 35.5. The summed E-state index contributed by atoms with van der Waals surface area (Å²) in [6.07, 6.45) is 7.14. The molecule has 1 amide bonds. The molecular weight excluding hydrogens is 393 g/mol. The zero-order valence-corrected chi connectivity index (χ0v) is 17.5. The summed E-state index contributed by atoms with van der Waals surface area (Å²) in [5, 5.41) is 13.6. The number of aromatic nitrogens is 2. The van der Waals surface area contributed by atoms with E-state index in [0.717, 1.165) is 44.2 Å². The average Bonchev–Trinajstić information content (AvgIpc) is 3.29. The number of anilines is 1. The van der Waals surface area contributed by atoms with Crippen LogP contribution in [-0.4, -0.2) is 26.2 Å². The van der Waals surface area contributed by atoms with Gasteiger partial charge in [-0.05, 0) is 62.1 Å². The van der Waals surface area contributed by atoms with Crippen molar-refractivity contribution in [2.24, 2.45) is 18.9 Å². The van der Waals surface area contributed by atoms with Crippen molar-refractivity contribution in [3.63, 3.8) is 0 Å². The third-order valence-corrected chi connectivity index (χ3v) is 6.88. The van der Waals surface area contributed by atoms with Crippen LogP contribution in [0.3, 0.4) is 0 Å². The minimum absolute atomic E-state index is 0.0313. The summed E-state index contributed by atoms with van der Waals surface area (Å²) in [5.74, 6) is 0.402. The van der Waals surface area contributed by atoms with Crippen LogP contribution in [0.4, 0.5) is 10.1 Å². The molecule has 2 aliphatic carbocycles. The van der Waals surface area contributed by atoms with E-state index in [-0.39, 0.29) is 16.8 Å². The molecule has 1 aromatic carbocycles. The second-order valence-corrected chi connectivity index (χ2v) is 9.15. The summed E-state index contributed by atoms with van der Waals surface area (Å²) >= 11 is 5.82. The summed E-state index contributed by atoms with van der Waals surface area (Å²) in [7, 11) is 1.80. The van der Waals surface area contributed by atoms with Gasteiger partial charge >= 0.3 is 0 Å². The van der Waals surface area contributed by atoms with Crippen molar-refractivity contribution in [1.82, 2.24) is 9.55 Å². The van der Waals surface area contributed by atoms with Gasteiger partial charge in [0, 0.05) is 18.7 Å². The number of halogens is 2. The molecule has 29 heavy (non-hydrogen) atoms. The number of rotatable bonds is 5. The first-order valence-electron chi connectivity index (χ1n) is 10.3. The number of aryl methyl sites for hydroxylation is 1. The SMILES string of the molecule is CCCC1(O)CC2CC(c3ncn(C)c3C(=O)Nc3ccc(F)c(Cl)c3)CC2C1. The van der Waals surface area contributed by atoms with E-state index in [1.807, 2.05) is 0 Å². The van der Waals surface area contributed by atoms with E-state index in [0.29, 0.717) is 23.2 Å². The van der Waals surface area contributed by atoms with Gasteiger partial charge in [0.1, 0.15) is 11.5 Å². The van der Waals surface area contributed by atoms with Gasteiger partial charge in [0.2, 0.25) is 0 Å². The number of benzene rings is 1. The molecule has 0 saturated heterocycles. The lowest BCUT2D eigenvalue weighted by atomic mass is 9.89. The first kappa shape index (κ1) is 20.4. The van der Waals surface area contributed by atoms with Crippen LogP contribution in [0.5, 0.6) is 0 Å². The van der Waals surface area contributed by atoms with Crippen LogP contribution in [0.2, 0.25) is 5.02 Å². The fraction of sp³-hybridized carbons (Fsp3) is 0.545. The predicted octanol–water partition coefficient (Wildman–Crippen LogP) is 4.90. The first-order valence-corrected chi connectivity index (χ1v) is 10.7. The Morgan fingerprint density at radius 2 is 2.07 bits per heavy atom. The third kappa shape index (κ3) is 3.92. The van der Waals surface area contributed by atoms with E-state index in [1.54, 1.807) is 17.9 Å². The number of carbonyl (C=O) groups excluding carboxylic acids is 1. The van der Waals surface area contributed by atoms with Gasteiger partial charge < -0.3 is 15.0 Å². The van der Waals surface area contributed by atoms with Crippen molar-refractivity contribution < 1.29 is 14.3 Å². The monoisotopic (exact) mass is 419 g/mol. The lowest BCUT2D eigenvalue weighted by Crippen LogP contribution is -2.25. The van der Waals surface area contributed by atoms with Crippen LogP contribution in [0.1, 0.15) is 67.5 Å². The van der Waals surface area contributed by atoms with Crippen molar-refractivity contribution >= 4 is 23.2 Å². The van der Waals surface area contributed by atoms with E-state index in [2.05, 4.69) is 17.2 Å². The molecule has 2 saturated carbocycles. The second-order valence-electron chi connectivity index (χ2n) is 8.74. The van der Waals surface area contributed by atoms with Gasteiger partial charge in [0.25, 0.3) is 5.91 Å². The lowest BCUT2D eigenvalue weighted by molar-refractivity contribution is 0.0288. The number of fused-ring (bicyclic) bond motifs is 1. The lowest BCUT2D eigenvalue weighted by Gasteiger charge is -2.24. The zero-order valence-electron chi connectivity index (χ0n) is 16.8. The van der Waals surface area contributed by atoms with E-state index in [1.165, 1.54) is 18.2 Å². The Hall–Kier alpha value is -1.92. The summed E-state index contributed by atoms with van der Waals surface area (Å²) in [5.41, 5.74) is 1.27. The molecule has 156 valence electrons. The van der Waals surface area contributed by atoms with Crippen molar-refractivity contribution in [3.8, 4) is 0 Å². The highest BCUT2D eigenvalue weighted by Crippen LogP contribution is 2.54. The molecule has 0 radical (unpaired) electrons. The van der Waals surface area contributed by atoms with Gasteiger partial charge in [-0.1, -0.05) is 24.9 Å². The van der Waals surface area contributed by atoms with Gasteiger partial charge in [-0.15, -0.1) is 0 Å². The number of hydrogen-bond acceptors (Lipinski definition) is 3. The molecule has 4 rings (SSSR count). The Bertz CT molecular complexity index is 915. The zero-order chi connectivity index (χ0) is 20.8. The van der Waals surface area contributed by atoms with Crippen LogP contribution in [0, 0.1) is 17.7 Å².